The SMILES string of the molecule is C=C(/N=C(\C)CCCN(C)C(=O)OC(C)(C)C)C(=O)O. The first-order chi connectivity index (χ1) is 9.03. The van der Waals surface area contributed by atoms with Crippen LogP contribution in [0.15, 0.2) is 17.3 Å². The third-order valence-corrected chi connectivity index (χ3v) is 2.31. The molecule has 0 aliphatic carbocycles. The number of hydrogen-bond donors (Lipinski definition) is 1. The fourth-order valence-electron chi connectivity index (χ4n) is 1.34. The van der Waals surface area contributed by atoms with Gasteiger partial charge in [0.1, 0.15) is 11.3 Å². The first-order valence-corrected chi connectivity index (χ1v) is 6.43. The Bertz CT molecular complexity index is 408. The van der Waals surface area contributed by atoms with Gasteiger partial charge in [0.05, 0.1) is 0 Å². The van der Waals surface area contributed by atoms with Crippen molar-refractivity contribution in [2.45, 2.75) is 46.1 Å². The molecule has 0 atom stereocenters. The van der Waals surface area contributed by atoms with Crippen LogP contribution >= 0.6 is 0 Å². The maximum Gasteiger partial charge on any atom is 0.410 e. The molecule has 0 rings (SSSR count). The standard InChI is InChI=1S/C14H24N2O4/c1-10(15-11(2)12(17)18)8-7-9-16(6)13(19)20-14(3,4)5/h2,7-9H2,1,3-6H3,(H,17,18)/b15-10+. The van der Waals surface area contributed by atoms with Crippen molar-refractivity contribution in [2.24, 2.45) is 4.99 Å². The zero-order valence-corrected chi connectivity index (χ0v) is 12.9. The Labute approximate surface area is 120 Å². The summed E-state index contributed by atoms with van der Waals surface area (Å²) in [6.45, 7) is 11.0. The van der Waals surface area contributed by atoms with Crippen LogP contribution in [0.5, 0.6) is 0 Å². The van der Waals surface area contributed by atoms with E-state index >= 15 is 0 Å². The number of ether oxygens (including phenoxy) is 1. The second-order valence-corrected chi connectivity index (χ2v) is 5.60. The van der Waals surface area contributed by atoms with Crippen molar-refractivity contribution >= 4 is 17.8 Å². The Hall–Kier alpha value is -1.85. The van der Waals surface area contributed by atoms with Gasteiger partial charge in [0.2, 0.25) is 0 Å². The van der Waals surface area contributed by atoms with Crippen LogP contribution in [0.4, 0.5) is 4.79 Å². The lowest BCUT2D eigenvalue weighted by Crippen LogP contribution is -2.34. The van der Waals surface area contributed by atoms with E-state index in [2.05, 4.69) is 11.6 Å². The highest BCUT2D eigenvalue weighted by Crippen LogP contribution is 2.09. The topological polar surface area (TPSA) is 79.2 Å². The predicted octanol–water partition coefficient (Wildman–Crippen LogP) is 2.69. The summed E-state index contributed by atoms with van der Waals surface area (Å²) in [6, 6.07) is 0. The summed E-state index contributed by atoms with van der Waals surface area (Å²) in [4.78, 5) is 27.6. The van der Waals surface area contributed by atoms with Gasteiger partial charge in [-0.15, -0.1) is 0 Å². The molecular formula is C14H24N2O4. The number of carboxylic acid groups (broad SMARTS) is 1. The molecule has 0 radical (unpaired) electrons. The van der Waals surface area contributed by atoms with Crippen LogP contribution < -0.4 is 0 Å². The summed E-state index contributed by atoms with van der Waals surface area (Å²) >= 11 is 0. The Morgan fingerprint density at radius 2 is 1.90 bits per heavy atom. The molecule has 1 amide bonds. The van der Waals surface area contributed by atoms with Crippen molar-refractivity contribution in [3.05, 3.63) is 12.3 Å². The molecule has 6 heteroatoms. The predicted molar refractivity (Wildman–Crippen MR) is 78.0 cm³/mol. The van der Waals surface area contributed by atoms with Crippen LogP contribution in [0.3, 0.4) is 0 Å². The van der Waals surface area contributed by atoms with Gasteiger partial charge in [-0.05, 0) is 40.5 Å². The first kappa shape index (κ1) is 18.1. The number of nitrogens with zero attached hydrogens (tertiary/aromatic N) is 2. The van der Waals surface area contributed by atoms with Crippen molar-refractivity contribution < 1.29 is 19.4 Å². The van der Waals surface area contributed by atoms with Crippen molar-refractivity contribution in [2.75, 3.05) is 13.6 Å². The number of carbonyl (C=O) groups is 2. The van der Waals surface area contributed by atoms with Gasteiger partial charge in [0.15, 0.2) is 0 Å². The Morgan fingerprint density at radius 3 is 2.35 bits per heavy atom. The third kappa shape index (κ3) is 8.29. The van der Waals surface area contributed by atoms with Gasteiger partial charge in [-0.1, -0.05) is 6.58 Å². The van der Waals surface area contributed by atoms with Crippen LogP contribution in [-0.4, -0.2) is 47.0 Å². The van der Waals surface area contributed by atoms with Crippen molar-refractivity contribution in [1.29, 1.82) is 0 Å². The van der Waals surface area contributed by atoms with E-state index in [9.17, 15) is 9.59 Å². The normalized spacial score (nSPS) is 11.9. The largest absolute Gasteiger partial charge is 0.477 e. The average Bonchev–Trinajstić information content (AvgIpc) is 2.26. The van der Waals surface area contributed by atoms with E-state index in [-0.39, 0.29) is 11.8 Å². The summed E-state index contributed by atoms with van der Waals surface area (Å²) in [7, 11) is 1.66. The van der Waals surface area contributed by atoms with Gasteiger partial charge in [-0.25, -0.2) is 9.59 Å². The van der Waals surface area contributed by atoms with Gasteiger partial charge in [0.25, 0.3) is 0 Å². The number of aliphatic imine (C=N–C) groups is 1. The van der Waals surface area contributed by atoms with Gasteiger partial charge in [0, 0.05) is 19.3 Å². The summed E-state index contributed by atoms with van der Waals surface area (Å²) in [6.07, 6.45) is 0.902. The fraction of sp³-hybridized carbons (Fsp3) is 0.643. The maximum atomic E-state index is 11.7. The Kier molecular flexibility index (Phi) is 6.96. The number of amides is 1. The smallest absolute Gasteiger partial charge is 0.410 e. The molecule has 0 spiro atoms. The molecule has 0 aromatic heterocycles. The average molecular weight is 284 g/mol. The van der Waals surface area contributed by atoms with E-state index in [1.165, 1.54) is 4.90 Å². The quantitative estimate of drug-likeness (QED) is 0.600. The number of hydrogen-bond acceptors (Lipinski definition) is 4. The van der Waals surface area contributed by atoms with Crippen LogP contribution in [-0.2, 0) is 9.53 Å². The van der Waals surface area contributed by atoms with Crippen LogP contribution in [0.1, 0.15) is 40.5 Å². The van der Waals surface area contributed by atoms with E-state index < -0.39 is 11.6 Å². The molecule has 0 bridgehead atoms. The maximum absolute atomic E-state index is 11.7. The summed E-state index contributed by atoms with van der Waals surface area (Å²) in [5, 5.41) is 8.65. The van der Waals surface area contributed by atoms with Gasteiger partial charge < -0.3 is 14.7 Å². The monoisotopic (exact) mass is 284 g/mol. The molecule has 0 aromatic rings. The molecule has 0 aromatic carbocycles. The molecule has 0 saturated carbocycles. The fourth-order valence-corrected chi connectivity index (χ4v) is 1.34. The number of carboxylic acids is 1. The number of aliphatic carboxylic acids is 1. The van der Waals surface area contributed by atoms with E-state index in [1.54, 1.807) is 14.0 Å². The van der Waals surface area contributed by atoms with Gasteiger partial charge in [-0.2, -0.15) is 0 Å². The van der Waals surface area contributed by atoms with Crippen molar-refractivity contribution in [1.82, 2.24) is 4.90 Å². The molecule has 0 heterocycles. The Morgan fingerprint density at radius 1 is 1.35 bits per heavy atom. The van der Waals surface area contributed by atoms with Crippen molar-refractivity contribution in [3.8, 4) is 0 Å². The number of rotatable bonds is 6. The molecule has 1 N–H and O–H groups in total. The highest BCUT2D eigenvalue weighted by Gasteiger charge is 2.19. The van der Waals surface area contributed by atoms with Crippen LogP contribution in [0.25, 0.3) is 0 Å². The van der Waals surface area contributed by atoms with E-state index in [0.29, 0.717) is 25.1 Å². The van der Waals surface area contributed by atoms with Crippen LogP contribution in [0, 0.1) is 0 Å². The minimum absolute atomic E-state index is 0.178. The van der Waals surface area contributed by atoms with Gasteiger partial charge in [-0.3, -0.25) is 4.99 Å². The Balaban J connectivity index is 4.15. The molecule has 0 saturated heterocycles. The lowest BCUT2D eigenvalue weighted by atomic mass is 10.2. The first-order valence-electron chi connectivity index (χ1n) is 6.43. The summed E-state index contributed by atoms with van der Waals surface area (Å²) < 4.78 is 5.22. The zero-order valence-electron chi connectivity index (χ0n) is 12.9. The molecule has 6 nitrogen and oxygen atoms in total. The molecular weight excluding hydrogens is 260 g/mol. The summed E-state index contributed by atoms with van der Waals surface area (Å²) in [5.74, 6) is -1.13. The molecule has 0 unspecified atom stereocenters. The van der Waals surface area contributed by atoms with E-state index in [1.807, 2.05) is 20.8 Å². The van der Waals surface area contributed by atoms with Gasteiger partial charge >= 0.3 is 12.1 Å². The van der Waals surface area contributed by atoms with Crippen molar-refractivity contribution in [3.63, 3.8) is 0 Å². The lowest BCUT2D eigenvalue weighted by molar-refractivity contribution is -0.132. The minimum Gasteiger partial charge on any atom is -0.477 e. The molecule has 114 valence electrons. The lowest BCUT2D eigenvalue weighted by Gasteiger charge is -2.24. The zero-order chi connectivity index (χ0) is 15.9. The van der Waals surface area contributed by atoms with E-state index in [4.69, 9.17) is 9.84 Å². The second kappa shape index (κ2) is 7.67. The number of carbonyl (C=O) groups excluding carboxylic acids is 1. The van der Waals surface area contributed by atoms with Crippen LogP contribution in [0.2, 0.25) is 0 Å². The minimum atomic E-state index is -1.13. The second-order valence-electron chi connectivity index (χ2n) is 5.60. The molecule has 0 aliphatic heterocycles. The third-order valence-electron chi connectivity index (χ3n) is 2.31. The molecule has 0 aliphatic rings. The highest BCUT2D eigenvalue weighted by molar-refractivity contribution is 5.91. The molecule has 20 heavy (non-hydrogen) atoms. The highest BCUT2D eigenvalue weighted by atomic mass is 16.6. The summed E-state index contributed by atoms with van der Waals surface area (Å²) in [5.41, 5.74) is -0.0138. The van der Waals surface area contributed by atoms with E-state index in [0.717, 1.165) is 0 Å². The molecule has 0 fully saturated rings.